The van der Waals surface area contributed by atoms with Crippen molar-refractivity contribution in [3.63, 3.8) is 0 Å². The van der Waals surface area contributed by atoms with E-state index in [4.69, 9.17) is 8.83 Å². The molecule has 2 aliphatic rings. The zero-order valence-corrected chi connectivity index (χ0v) is 31.8. The van der Waals surface area contributed by atoms with Crippen LogP contribution in [0.4, 0.5) is 17.1 Å². The van der Waals surface area contributed by atoms with Gasteiger partial charge in [0.1, 0.15) is 22.3 Å². The summed E-state index contributed by atoms with van der Waals surface area (Å²) in [6.45, 7) is 6.74. The maximum absolute atomic E-state index is 6.98. The van der Waals surface area contributed by atoms with Crippen LogP contribution in [0.3, 0.4) is 0 Å². The molecule has 0 bridgehead atoms. The van der Waals surface area contributed by atoms with Crippen molar-refractivity contribution in [3.8, 4) is 22.3 Å². The van der Waals surface area contributed by atoms with Gasteiger partial charge in [-0.25, -0.2) is 0 Å². The summed E-state index contributed by atoms with van der Waals surface area (Å²) >= 11 is 0. The second-order valence-electron chi connectivity index (χ2n) is 16.8. The normalized spacial score (nSPS) is 13.5. The van der Waals surface area contributed by atoms with Gasteiger partial charge >= 0.3 is 6.85 Å². The third kappa shape index (κ3) is 4.08. The summed E-state index contributed by atoms with van der Waals surface area (Å²) in [6.07, 6.45) is 0. The number of para-hydroxylation sites is 4. The Morgan fingerprint density at radius 2 is 1.18 bits per heavy atom. The number of fused-ring (bicyclic) bond motifs is 14. The van der Waals surface area contributed by atoms with Crippen molar-refractivity contribution in [2.75, 3.05) is 4.90 Å². The fourth-order valence-corrected chi connectivity index (χ4v) is 10.2. The van der Waals surface area contributed by atoms with Gasteiger partial charge in [0.2, 0.25) is 0 Å². The lowest BCUT2D eigenvalue weighted by Crippen LogP contribution is -2.56. The minimum absolute atomic E-state index is 0.0345. The molecular weight excluding hydrogens is 695 g/mol. The minimum atomic E-state index is -0.150. The molecule has 0 spiro atoms. The highest BCUT2D eigenvalue weighted by atomic mass is 16.3. The number of furan rings is 2. The summed E-state index contributed by atoms with van der Waals surface area (Å²) in [5.41, 5.74) is 18.0. The van der Waals surface area contributed by atoms with E-state index in [1.54, 1.807) is 0 Å². The third-order valence-corrected chi connectivity index (χ3v) is 12.7. The molecule has 0 atom stereocenters. The van der Waals surface area contributed by atoms with E-state index in [1.165, 1.54) is 55.0 Å². The summed E-state index contributed by atoms with van der Waals surface area (Å²) in [4.78, 5) is 2.55. The van der Waals surface area contributed by atoms with Crippen molar-refractivity contribution in [1.29, 1.82) is 0 Å². The quantitative estimate of drug-likeness (QED) is 0.166. The minimum Gasteiger partial charge on any atom is -0.456 e. The topological polar surface area (TPSA) is 34.5 Å². The van der Waals surface area contributed by atoms with Gasteiger partial charge in [0.25, 0.3) is 0 Å². The Kier molecular flexibility index (Phi) is 5.96. The van der Waals surface area contributed by atoms with E-state index in [1.807, 2.05) is 0 Å². The Balaban J connectivity index is 1.26. The summed E-state index contributed by atoms with van der Waals surface area (Å²) in [7, 11) is 0. The first kappa shape index (κ1) is 31.3. The van der Waals surface area contributed by atoms with Gasteiger partial charge in [-0.1, -0.05) is 130 Å². The number of nitrogens with zero attached hydrogens (tertiary/aromatic N) is 2. The van der Waals surface area contributed by atoms with Crippen molar-refractivity contribution in [1.82, 2.24) is 4.48 Å². The van der Waals surface area contributed by atoms with Crippen LogP contribution in [0.1, 0.15) is 26.3 Å². The van der Waals surface area contributed by atoms with Crippen LogP contribution >= 0.6 is 0 Å². The molecule has 57 heavy (non-hydrogen) atoms. The fourth-order valence-electron chi connectivity index (χ4n) is 10.2. The van der Waals surface area contributed by atoms with Gasteiger partial charge in [0.15, 0.2) is 0 Å². The van der Waals surface area contributed by atoms with Crippen molar-refractivity contribution >= 4 is 101 Å². The van der Waals surface area contributed by atoms with Crippen LogP contribution in [0.25, 0.3) is 87.9 Å². The van der Waals surface area contributed by atoms with Crippen molar-refractivity contribution in [2.45, 2.75) is 26.2 Å². The molecule has 268 valence electrons. The number of benzene rings is 8. The van der Waals surface area contributed by atoms with Crippen LogP contribution in [0.2, 0.25) is 0 Å². The average Bonchev–Trinajstić information content (AvgIpc) is 3.91. The fraction of sp³-hybridized carbons (Fsp3) is 0.0769. The second kappa shape index (κ2) is 10.9. The highest BCUT2D eigenvalue weighted by Gasteiger charge is 2.45. The van der Waals surface area contributed by atoms with Gasteiger partial charge in [0.05, 0.1) is 5.69 Å². The Hall–Kier alpha value is -6.98. The zero-order chi connectivity index (χ0) is 37.7. The molecule has 5 heterocycles. The van der Waals surface area contributed by atoms with E-state index in [-0.39, 0.29) is 12.3 Å². The number of aromatic nitrogens is 1. The Labute approximate surface area is 329 Å². The molecule has 0 fully saturated rings. The molecular formula is C52H35BN2O2. The molecule has 0 saturated heterocycles. The number of anilines is 3. The van der Waals surface area contributed by atoms with E-state index >= 15 is 0 Å². The first-order chi connectivity index (χ1) is 27.9. The highest BCUT2D eigenvalue weighted by molar-refractivity contribution is 6.90. The molecule has 0 N–H and O–H groups in total. The number of hydrogen-bond acceptors (Lipinski definition) is 3. The molecule has 3 aromatic heterocycles. The molecule has 0 radical (unpaired) electrons. The Morgan fingerprint density at radius 1 is 0.491 bits per heavy atom. The van der Waals surface area contributed by atoms with Gasteiger partial charge in [-0.3, -0.25) is 0 Å². The maximum Gasteiger partial charge on any atom is 0.333 e. The van der Waals surface area contributed by atoms with Gasteiger partial charge < -0.3 is 18.2 Å². The average molecular weight is 731 g/mol. The van der Waals surface area contributed by atoms with Crippen molar-refractivity contribution in [3.05, 3.63) is 163 Å². The van der Waals surface area contributed by atoms with Gasteiger partial charge in [-0.2, -0.15) is 0 Å². The molecule has 2 aliphatic heterocycles. The molecule has 0 saturated carbocycles. The van der Waals surface area contributed by atoms with E-state index in [9.17, 15) is 0 Å². The third-order valence-electron chi connectivity index (χ3n) is 12.7. The largest absolute Gasteiger partial charge is 0.456 e. The van der Waals surface area contributed by atoms with Crippen LogP contribution in [0.5, 0.6) is 0 Å². The highest BCUT2D eigenvalue weighted by Crippen LogP contribution is 2.51. The van der Waals surface area contributed by atoms with E-state index in [2.05, 4.69) is 188 Å². The zero-order valence-electron chi connectivity index (χ0n) is 31.8. The molecule has 11 aromatic rings. The lowest BCUT2D eigenvalue weighted by atomic mass is 9.45. The van der Waals surface area contributed by atoms with Crippen LogP contribution in [0, 0.1) is 0 Å². The van der Waals surface area contributed by atoms with Crippen molar-refractivity contribution in [2.24, 2.45) is 0 Å². The van der Waals surface area contributed by atoms with Crippen LogP contribution in [-0.2, 0) is 5.41 Å². The Bertz CT molecular complexity index is 3530. The second-order valence-corrected chi connectivity index (χ2v) is 16.8. The molecule has 0 amide bonds. The standard InChI is InChI=1S/C52H35BN2O2/c1-52(2,3)31-24-25-41(37(26-31)30-14-5-4-6-15-30)54-43-27-38-33-17-8-11-22-45(33)56-47(38)29-40(43)53-49-44(54)28-39-34-18-9-12-23-46(34)57-51(39)48(49)36-20-13-19-35-32-16-7-10-21-42(32)55(53)50(35)36/h4-29H,1-3H3. The molecule has 0 aliphatic carbocycles. The van der Waals surface area contributed by atoms with Crippen LogP contribution in [-0.4, -0.2) is 11.3 Å². The monoisotopic (exact) mass is 730 g/mol. The summed E-state index contributed by atoms with van der Waals surface area (Å²) in [6, 6.07) is 57.7. The molecule has 8 aromatic carbocycles. The molecule has 5 heteroatoms. The number of rotatable bonds is 2. The predicted molar refractivity (Wildman–Crippen MR) is 239 cm³/mol. The summed E-state index contributed by atoms with van der Waals surface area (Å²) < 4.78 is 16.3. The smallest absolute Gasteiger partial charge is 0.333 e. The lowest BCUT2D eigenvalue weighted by Gasteiger charge is -2.41. The molecule has 4 nitrogen and oxygen atoms in total. The maximum atomic E-state index is 6.98. The van der Waals surface area contributed by atoms with Gasteiger partial charge in [-0.15, -0.1) is 0 Å². The van der Waals surface area contributed by atoms with Crippen LogP contribution < -0.4 is 15.8 Å². The van der Waals surface area contributed by atoms with Gasteiger partial charge in [-0.05, 0) is 76.0 Å². The predicted octanol–water partition coefficient (Wildman–Crippen LogP) is 13.0. The first-order valence-corrected chi connectivity index (χ1v) is 19.9. The lowest BCUT2D eigenvalue weighted by molar-refractivity contribution is 0.590. The van der Waals surface area contributed by atoms with Gasteiger partial charge in [0, 0.05) is 71.4 Å². The Morgan fingerprint density at radius 3 is 1.98 bits per heavy atom. The molecule has 0 unspecified atom stereocenters. The van der Waals surface area contributed by atoms with E-state index in [0.717, 1.165) is 66.5 Å². The van der Waals surface area contributed by atoms with Crippen LogP contribution in [0.15, 0.2) is 167 Å². The SMILES string of the molecule is CC(C)(C)c1ccc(N2c3cc4c(cc3B3c5c2cc2c(oc6ccccc62)c5-c2cccc5c6ccccc6n3c25)oc2ccccc24)c(-c2ccccc2)c1. The summed E-state index contributed by atoms with van der Waals surface area (Å²) in [5, 5.41) is 6.97. The molecule has 13 rings (SSSR count). The summed E-state index contributed by atoms with van der Waals surface area (Å²) in [5.74, 6) is 0. The first-order valence-electron chi connectivity index (χ1n) is 19.9. The van der Waals surface area contributed by atoms with E-state index in [0.29, 0.717) is 0 Å². The van der Waals surface area contributed by atoms with Crippen molar-refractivity contribution < 1.29 is 8.83 Å². The van der Waals surface area contributed by atoms with E-state index < -0.39 is 0 Å². The number of hydrogen-bond donors (Lipinski definition) is 0.